The molecule has 1 amide bonds. The summed E-state index contributed by atoms with van der Waals surface area (Å²) in [5.74, 6) is -0.176. The van der Waals surface area contributed by atoms with E-state index in [2.05, 4.69) is 104 Å². The SMILES string of the molecule is CC/C=C\C/C=C\C/C=C\C/C=C\C/C=C\C/C=C\C/C=C\CCCCCCCCCCCCCCCCCCCC(=O)NC(COP(=O)(O)OCC[N+](C)(C)C)C(O)/C=C/CCCCCCCCCCCCCCCCC. The third kappa shape index (κ3) is 61.0. The minimum atomic E-state index is -4.35. The van der Waals surface area contributed by atoms with Crippen LogP contribution in [0.4, 0.5) is 0 Å². The first-order valence-electron chi connectivity index (χ1n) is 32.6. The van der Waals surface area contributed by atoms with Gasteiger partial charge in [0, 0.05) is 6.42 Å². The van der Waals surface area contributed by atoms with Crippen LogP contribution < -0.4 is 5.32 Å². The molecule has 0 aliphatic rings. The molecule has 0 aliphatic heterocycles. The van der Waals surface area contributed by atoms with Gasteiger partial charge < -0.3 is 19.8 Å². The number of phosphoric acid groups is 1. The largest absolute Gasteiger partial charge is 0.472 e. The van der Waals surface area contributed by atoms with E-state index < -0.39 is 20.0 Å². The number of quaternary nitrogens is 1. The van der Waals surface area contributed by atoms with Crippen molar-refractivity contribution >= 4 is 13.7 Å². The molecule has 0 aromatic heterocycles. The normalized spacial score (nSPS) is 14.4. The lowest BCUT2D eigenvalue weighted by Crippen LogP contribution is -2.45. The van der Waals surface area contributed by atoms with Gasteiger partial charge in [0.05, 0.1) is 39.9 Å². The van der Waals surface area contributed by atoms with Crippen molar-refractivity contribution in [2.45, 2.75) is 296 Å². The molecule has 3 atom stereocenters. The zero-order chi connectivity index (χ0) is 57.0. The Morgan fingerprint density at radius 1 is 0.449 bits per heavy atom. The first-order chi connectivity index (χ1) is 38.0. The summed E-state index contributed by atoms with van der Waals surface area (Å²) >= 11 is 0. The van der Waals surface area contributed by atoms with Crippen LogP contribution in [-0.4, -0.2) is 73.4 Å². The first-order valence-corrected chi connectivity index (χ1v) is 34.1. The molecule has 0 rings (SSSR count). The molecule has 3 N–H and O–H groups in total. The maximum absolute atomic E-state index is 13.0. The Balaban J connectivity index is 4.02. The van der Waals surface area contributed by atoms with Crippen molar-refractivity contribution in [2.75, 3.05) is 40.9 Å². The lowest BCUT2D eigenvalue weighted by molar-refractivity contribution is -0.870. The molecule has 0 saturated heterocycles. The van der Waals surface area contributed by atoms with Gasteiger partial charge in [-0.25, -0.2) is 4.57 Å². The minimum absolute atomic E-state index is 0.0599. The van der Waals surface area contributed by atoms with Gasteiger partial charge in [0.25, 0.3) is 0 Å². The fraction of sp³-hybridized carbons (Fsp3) is 0.754. The second kappa shape index (κ2) is 59.1. The average Bonchev–Trinajstić information content (AvgIpc) is 3.40. The number of hydrogen-bond donors (Lipinski definition) is 3. The number of phosphoric ester groups is 1. The quantitative estimate of drug-likeness (QED) is 0.0243. The molecule has 0 aliphatic carbocycles. The van der Waals surface area contributed by atoms with Crippen molar-refractivity contribution in [1.82, 2.24) is 5.32 Å². The topological polar surface area (TPSA) is 105 Å². The second-order valence-corrected chi connectivity index (χ2v) is 24.6. The molecule has 0 aromatic rings. The number of hydrogen-bond acceptors (Lipinski definition) is 5. The molecular formula is C69H126N2O6P+. The van der Waals surface area contributed by atoms with Gasteiger partial charge >= 0.3 is 7.82 Å². The predicted octanol–water partition coefficient (Wildman–Crippen LogP) is 20.5. The maximum atomic E-state index is 13.0. The van der Waals surface area contributed by atoms with E-state index in [9.17, 15) is 19.4 Å². The summed E-state index contributed by atoms with van der Waals surface area (Å²) in [6, 6.07) is -0.850. The van der Waals surface area contributed by atoms with Crippen molar-refractivity contribution in [3.63, 3.8) is 0 Å². The van der Waals surface area contributed by atoms with Gasteiger partial charge in [-0.1, -0.05) is 297 Å². The predicted molar refractivity (Wildman–Crippen MR) is 341 cm³/mol. The van der Waals surface area contributed by atoms with Crippen LogP contribution >= 0.6 is 7.82 Å². The van der Waals surface area contributed by atoms with Gasteiger partial charge in [-0.3, -0.25) is 13.8 Å². The summed E-state index contributed by atoms with van der Waals surface area (Å²) in [5, 5.41) is 14.0. The van der Waals surface area contributed by atoms with Crippen LogP contribution in [0.1, 0.15) is 284 Å². The Bertz CT molecular complexity index is 1590. The van der Waals surface area contributed by atoms with Crippen LogP contribution in [0, 0.1) is 0 Å². The average molecular weight is 1110 g/mol. The second-order valence-electron chi connectivity index (χ2n) is 23.1. The Kier molecular flexibility index (Phi) is 57.1. The number of aliphatic hydroxyl groups excluding tert-OH is 1. The highest BCUT2D eigenvalue weighted by Gasteiger charge is 2.27. The van der Waals surface area contributed by atoms with Crippen LogP contribution in [0.15, 0.2) is 97.2 Å². The van der Waals surface area contributed by atoms with Crippen LogP contribution in [0.2, 0.25) is 0 Å². The monoisotopic (exact) mass is 1110 g/mol. The maximum Gasteiger partial charge on any atom is 0.472 e. The number of allylic oxidation sites excluding steroid dienone is 15. The lowest BCUT2D eigenvalue weighted by Gasteiger charge is -2.25. The highest BCUT2D eigenvalue weighted by molar-refractivity contribution is 7.47. The van der Waals surface area contributed by atoms with Crippen molar-refractivity contribution in [3.8, 4) is 0 Å². The number of carbonyl (C=O) groups excluding carboxylic acids is 1. The summed E-state index contributed by atoms with van der Waals surface area (Å²) in [4.78, 5) is 23.4. The van der Waals surface area contributed by atoms with Gasteiger partial charge in [0.1, 0.15) is 13.2 Å². The molecular weight excluding hydrogens is 984 g/mol. The summed E-state index contributed by atoms with van der Waals surface area (Å²) in [7, 11) is 1.57. The third-order valence-electron chi connectivity index (χ3n) is 14.3. The summed E-state index contributed by atoms with van der Waals surface area (Å²) in [6.45, 7) is 4.72. The standard InChI is InChI=1S/C69H125N2O6P/c1-6-8-10-12-14-16-18-20-22-24-25-26-27-28-29-30-31-32-33-34-35-36-37-38-39-40-41-42-43-44-45-47-49-51-53-55-57-59-61-63-69(73)70-67(66-77-78(74,75)76-65-64-71(3,4)5)68(72)62-60-58-56-54-52-50-48-46-23-21-19-17-15-13-11-9-7-2/h8,10,14,16,20,22,25-26,28-29,31-32,34-35,60,62,67-68,72H,6-7,9,11-13,15,17-19,21,23-24,27,30,33,36-59,61,63-66H2,1-5H3,(H-,70,73,74,75)/p+1/b10-8-,16-14-,22-20-,26-25-,29-28-,32-31-,35-34-,62-60+. The van der Waals surface area contributed by atoms with Gasteiger partial charge in [-0.2, -0.15) is 0 Å². The van der Waals surface area contributed by atoms with E-state index in [1.165, 1.54) is 180 Å². The molecule has 3 unspecified atom stereocenters. The molecule has 0 radical (unpaired) electrons. The smallest absolute Gasteiger partial charge is 0.387 e. The summed E-state index contributed by atoms with van der Waals surface area (Å²) < 4.78 is 23.7. The van der Waals surface area contributed by atoms with E-state index in [0.29, 0.717) is 17.4 Å². The molecule has 9 heteroatoms. The minimum Gasteiger partial charge on any atom is -0.387 e. The van der Waals surface area contributed by atoms with Crippen LogP contribution in [0.25, 0.3) is 0 Å². The van der Waals surface area contributed by atoms with Crippen molar-refractivity contribution in [1.29, 1.82) is 0 Å². The zero-order valence-corrected chi connectivity index (χ0v) is 52.5. The fourth-order valence-electron chi connectivity index (χ4n) is 9.26. The van der Waals surface area contributed by atoms with Gasteiger partial charge in [0.15, 0.2) is 0 Å². The molecule has 0 saturated carbocycles. The number of nitrogens with one attached hydrogen (secondary N) is 1. The van der Waals surface area contributed by atoms with E-state index in [0.717, 1.165) is 83.5 Å². The van der Waals surface area contributed by atoms with E-state index in [1.54, 1.807) is 6.08 Å². The van der Waals surface area contributed by atoms with Crippen LogP contribution in [0.5, 0.6) is 0 Å². The number of nitrogens with zero attached hydrogens (tertiary/aromatic N) is 1. The van der Waals surface area contributed by atoms with Crippen LogP contribution in [0.3, 0.4) is 0 Å². The molecule has 0 aromatic carbocycles. The van der Waals surface area contributed by atoms with Crippen molar-refractivity contribution in [3.05, 3.63) is 97.2 Å². The van der Waals surface area contributed by atoms with E-state index in [4.69, 9.17) is 9.05 Å². The number of unbranched alkanes of at least 4 members (excludes halogenated alkanes) is 32. The molecule has 0 fully saturated rings. The first kappa shape index (κ1) is 75.4. The summed E-state index contributed by atoms with van der Waals surface area (Å²) in [5.41, 5.74) is 0. The fourth-order valence-corrected chi connectivity index (χ4v) is 10.00. The molecule has 8 nitrogen and oxygen atoms in total. The lowest BCUT2D eigenvalue weighted by atomic mass is 10.0. The third-order valence-corrected chi connectivity index (χ3v) is 15.3. The Labute approximate surface area is 483 Å². The highest BCUT2D eigenvalue weighted by atomic mass is 31.2. The van der Waals surface area contributed by atoms with E-state index in [1.807, 2.05) is 27.2 Å². The van der Waals surface area contributed by atoms with E-state index in [-0.39, 0.29) is 19.1 Å². The number of aliphatic hydroxyl groups is 1. The summed E-state index contributed by atoms with van der Waals surface area (Å²) in [6.07, 6.45) is 85.3. The Morgan fingerprint density at radius 2 is 0.769 bits per heavy atom. The van der Waals surface area contributed by atoms with Crippen LogP contribution in [-0.2, 0) is 18.4 Å². The Hall–Kier alpha value is -2.58. The Morgan fingerprint density at radius 3 is 1.13 bits per heavy atom. The molecule has 452 valence electrons. The molecule has 0 spiro atoms. The van der Waals surface area contributed by atoms with Crippen molar-refractivity contribution < 1.29 is 32.9 Å². The van der Waals surface area contributed by atoms with Gasteiger partial charge in [-0.15, -0.1) is 0 Å². The molecule has 0 heterocycles. The number of rotatable bonds is 59. The van der Waals surface area contributed by atoms with Gasteiger partial charge in [0.2, 0.25) is 5.91 Å². The van der Waals surface area contributed by atoms with E-state index >= 15 is 0 Å². The van der Waals surface area contributed by atoms with Gasteiger partial charge in [-0.05, 0) is 77.0 Å². The number of likely N-dealkylation sites (N-methyl/N-ethyl adjacent to an activating group) is 1. The van der Waals surface area contributed by atoms with Crippen molar-refractivity contribution in [2.24, 2.45) is 0 Å². The highest BCUT2D eigenvalue weighted by Crippen LogP contribution is 2.43. The molecule has 78 heavy (non-hydrogen) atoms. The molecule has 0 bridgehead atoms. The number of carbonyl (C=O) groups is 1. The zero-order valence-electron chi connectivity index (χ0n) is 51.6. The number of amides is 1.